The minimum absolute atomic E-state index is 0.284. The van der Waals surface area contributed by atoms with Crippen LogP contribution in [0.3, 0.4) is 0 Å². The minimum atomic E-state index is -1.30. The standard InChI is InChI=1S/C34H5F3N10/c1-42-22-7-18(21(35)9-23(22)43-2)30-28(24(12-40)44-3)19-6-17-20(11-39)27(16-8-26(36)47-14-15(16)10-38)32(25(13-41)45-4)29(17)33(37)31(19)34(30)46-5/h6-9,14H/b28-24-,32-25-. The number of hydrogen-bond donors (Lipinski definition) is 0. The van der Waals surface area contributed by atoms with Crippen LogP contribution in [0.2, 0.25) is 0 Å². The van der Waals surface area contributed by atoms with Gasteiger partial charge in [0.1, 0.15) is 23.8 Å². The molecule has 13 heteroatoms. The van der Waals surface area contributed by atoms with E-state index in [-0.39, 0.29) is 39.2 Å². The van der Waals surface area contributed by atoms with Crippen molar-refractivity contribution >= 4 is 44.9 Å². The van der Waals surface area contributed by atoms with Crippen molar-refractivity contribution in [2.75, 3.05) is 0 Å². The Labute approximate surface area is 263 Å². The number of hydrogen-bond acceptors (Lipinski definition) is 5. The van der Waals surface area contributed by atoms with E-state index in [2.05, 4.69) is 29.2 Å². The number of allylic oxidation sites excluding steroid dienone is 7. The molecule has 0 unspecified atom stereocenters. The predicted molar refractivity (Wildman–Crippen MR) is 158 cm³/mol. The first-order chi connectivity index (χ1) is 22.7. The lowest BCUT2D eigenvalue weighted by atomic mass is 9.90. The molecule has 0 saturated carbocycles. The maximum Gasteiger partial charge on any atom is 0.270 e. The molecule has 0 radical (unpaired) electrons. The summed E-state index contributed by atoms with van der Waals surface area (Å²) in [6, 6.07) is 10.4. The predicted octanol–water partition coefficient (Wildman–Crippen LogP) is 8.03. The summed E-state index contributed by atoms with van der Waals surface area (Å²) < 4.78 is 47.1. The Morgan fingerprint density at radius 1 is 0.660 bits per heavy atom. The van der Waals surface area contributed by atoms with Gasteiger partial charge >= 0.3 is 0 Å². The van der Waals surface area contributed by atoms with Gasteiger partial charge in [0.2, 0.25) is 11.6 Å². The zero-order valence-electron chi connectivity index (χ0n) is 23.0. The Bertz CT molecular complexity index is 2560. The van der Waals surface area contributed by atoms with E-state index in [1.165, 1.54) is 0 Å². The number of rotatable bonds is 2. The summed E-state index contributed by atoms with van der Waals surface area (Å²) >= 11 is 0. The topological polar surface area (TPSA) is 130 Å². The molecule has 0 atom stereocenters. The van der Waals surface area contributed by atoms with Crippen LogP contribution in [0, 0.1) is 95.8 Å². The van der Waals surface area contributed by atoms with Crippen molar-refractivity contribution in [3.05, 3.63) is 155 Å². The zero-order chi connectivity index (χ0) is 34.2. The third kappa shape index (κ3) is 4.23. The largest absolute Gasteiger partial charge is 0.270 e. The van der Waals surface area contributed by atoms with E-state index < -0.39 is 73.7 Å². The van der Waals surface area contributed by atoms with Crippen LogP contribution in [0.5, 0.6) is 0 Å². The maximum absolute atomic E-state index is 17.1. The third-order valence-electron chi connectivity index (χ3n) is 7.25. The molecule has 0 spiro atoms. The van der Waals surface area contributed by atoms with Gasteiger partial charge in [-0.3, -0.25) is 4.85 Å². The fourth-order valence-corrected chi connectivity index (χ4v) is 5.45. The first-order valence-corrected chi connectivity index (χ1v) is 12.5. The van der Waals surface area contributed by atoms with Gasteiger partial charge in [0.05, 0.1) is 56.1 Å². The van der Waals surface area contributed by atoms with Crippen LogP contribution in [-0.2, 0) is 0 Å². The zero-order valence-corrected chi connectivity index (χ0v) is 23.0. The van der Waals surface area contributed by atoms with Gasteiger partial charge in [0, 0.05) is 40.1 Å². The molecule has 0 saturated heterocycles. The average molecular weight is 610 g/mol. The molecule has 1 heterocycles. The van der Waals surface area contributed by atoms with Gasteiger partial charge in [-0.2, -0.15) is 14.9 Å². The highest BCUT2D eigenvalue weighted by molar-refractivity contribution is 6.29. The Hall–Kier alpha value is -8.25. The summed E-state index contributed by atoms with van der Waals surface area (Å²) in [5.74, 6) is -3.52. The molecule has 0 aliphatic heterocycles. The molecule has 47 heavy (non-hydrogen) atoms. The molecular weight excluding hydrogens is 605 g/mol. The highest BCUT2D eigenvalue weighted by Crippen LogP contribution is 2.57. The van der Waals surface area contributed by atoms with Gasteiger partial charge in [0.15, 0.2) is 11.4 Å². The highest BCUT2D eigenvalue weighted by atomic mass is 19.1. The van der Waals surface area contributed by atoms with Crippen LogP contribution in [0.1, 0.15) is 38.9 Å². The first-order valence-electron chi connectivity index (χ1n) is 12.5. The Balaban J connectivity index is 2.02. The van der Waals surface area contributed by atoms with Crippen LogP contribution in [0.25, 0.3) is 57.8 Å². The Kier molecular flexibility index (Phi) is 7.36. The number of nitrogens with zero attached hydrogens (tertiary/aromatic N) is 10. The molecular formula is C34H5F3N10. The second-order valence-corrected chi connectivity index (χ2v) is 9.34. The smallest absolute Gasteiger partial charge is 0.250 e. The molecule has 0 amide bonds. The normalized spacial score (nSPS) is 14.4. The lowest BCUT2D eigenvalue weighted by molar-refractivity contribution is 0.583. The first kappa shape index (κ1) is 30.2. The van der Waals surface area contributed by atoms with E-state index in [0.717, 1.165) is 30.5 Å². The lowest BCUT2D eigenvalue weighted by Gasteiger charge is -2.14. The summed E-state index contributed by atoms with van der Waals surface area (Å²) in [4.78, 5) is 19.5. The summed E-state index contributed by atoms with van der Waals surface area (Å²) in [6.07, 6.45) is 0.848. The van der Waals surface area contributed by atoms with Gasteiger partial charge in [-0.15, -0.1) is 0 Å². The molecule has 5 rings (SSSR count). The molecule has 212 valence electrons. The van der Waals surface area contributed by atoms with Crippen molar-refractivity contribution in [2.24, 2.45) is 0 Å². The molecule has 2 aliphatic carbocycles. The molecule has 0 bridgehead atoms. The highest BCUT2D eigenvalue weighted by Gasteiger charge is 2.41. The number of aromatic nitrogens is 1. The van der Waals surface area contributed by atoms with E-state index in [4.69, 9.17) is 32.9 Å². The van der Waals surface area contributed by atoms with Crippen molar-refractivity contribution < 1.29 is 13.2 Å². The molecule has 2 aromatic carbocycles. The van der Waals surface area contributed by atoms with Crippen molar-refractivity contribution in [2.45, 2.75) is 0 Å². The van der Waals surface area contributed by atoms with E-state index in [0.29, 0.717) is 0 Å². The quantitative estimate of drug-likeness (QED) is 0.165. The van der Waals surface area contributed by atoms with Crippen molar-refractivity contribution in [1.29, 1.82) is 21.0 Å². The number of fused-ring (bicyclic) bond motifs is 2. The minimum Gasteiger partial charge on any atom is -0.250 e. The van der Waals surface area contributed by atoms with Gasteiger partial charge in [-0.1, -0.05) is 6.07 Å². The monoisotopic (exact) mass is 610 g/mol. The summed E-state index contributed by atoms with van der Waals surface area (Å²) in [5.41, 5.74) is -7.65. The molecule has 1 aromatic heterocycles. The number of nitriles is 4. The Morgan fingerprint density at radius 2 is 1.30 bits per heavy atom. The van der Waals surface area contributed by atoms with E-state index in [1.807, 2.05) is 6.07 Å². The van der Waals surface area contributed by atoms with Crippen molar-refractivity contribution in [3.63, 3.8) is 0 Å². The van der Waals surface area contributed by atoms with Gasteiger partial charge < -0.3 is 0 Å². The molecule has 0 fully saturated rings. The third-order valence-corrected chi connectivity index (χ3v) is 7.25. The van der Waals surface area contributed by atoms with Crippen LogP contribution in [0.4, 0.5) is 24.5 Å². The number of benzene rings is 2. The molecule has 10 nitrogen and oxygen atoms in total. The lowest BCUT2D eigenvalue weighted by Crippen LogP contribution is -2.01. The average Bonchev–Trinajstić information content (AvgIpc) is 3.58. The maximum atomic E-state index is 17.1. The summed E-state index contributed by atoms with van der Waals surface area (Å²) in [7, 11) is 0. The number of pyridine rings is 1. The van der Waals surface area contributed by atoms with Crippen LogP contribution >= 0.6 is 0 Å². The van der Waals surface area contributed by atoms with Gasteiger partial charge in [-0.25, -0.2) is 43.7 Å². The van der Waals surface area contributed by atoms with Crippen LogP contribution < -0.4 is 0 Å². The van der Waals surface area contributed by atoms with Gasteiger partial charge in [-0.05, 0) is 40.0 Å². The van der Waals surface area contributed by atoms with Crippen LogP contribution in [0.15, 0.2) is 41.9 Å². The fourth-order valence-electron chi connectivity index (χ4n) is 5.45. The van der Waals surface area contributed by atoms with E-state index in [1.54, 1.807) is 18.2 Å². The van der Waals surface area contributed by atoms with E-state index in [9.17, 15) is 25.4 Å². The van der Waals surface area contributed by atoms with E-state index >= 15 is 8.78 Å². The molecule has 2 aliphatic rings. The SMILES string of the molecule is [C-]#[N+]C1=C(c2cc([N+]#[C-])c([N+]#[C-])cc2F)/C(=C(/C#N)[N+]#[C-])c2cc3c(c(F)c21)/C(=C(/C#N)[N+]#[C-])C(c1cc(F)ncc1C#N)=C3C#N. The molecule has 3 aromatic rings. The van der Waals surface area contributed by atoms with Crippen molar-refractivity contribution in [1.82, 2.24) is 4.98 Å². The second-order valence-electron chi connectivity index (χ2n) is 9.34. The summed E-state index contributed by atoms with van der Waals surface area (Å²) in [5, 5.41) is 39.8. The fraction of sp³-hybridized carbons (Fsp3) is 0. The molecule has 0 N–H and O–H groups in total. The number of halogens is 3. The van der Waals surface area contributed by atoms with Gasteiger partial charge in [0.25, 0.3) is 11.4 Å². The summed E-state index contributed by atoms with van der Waals surface area (Å²) in [6.45, 7) is 37.9. The van der Waals surface area contributed by atoms with Crippen LogP contribution in [-0.4, -0.2) is 4.98 Å². The Morgan fingerprint density at radius 3 is 1.85 bits per heavy atom. The second kappa shape index (κ2) is 11.4. The van der Waals surface area contributed by atoms with Crippen molar-refractivity contribution in [3.8, 4) is 24.3 Å².